The summed E-state index contributed by atoms with van der Waals surface area (Å²) in [5.74, 6) is 0.979. The molecule has 0 spiro atoms. The molecule has 1 aliphatic heterocycles. The highest BCUT2D eigenvalue weighted by molar-refractivity contribution is 14.0. The highest BCUT2D eigenvalue weighted by atomic mass is 127. The Labute approximate surface area is 196 Å². The van der Waals surface area contributed by atoms with Crippen LogP contribution in [-0.4, -0.2) is 50.0 Å². The number of ether oxygens (including phenoxy) is 1. The summed E-state index contributed by atoms with van der Waals surface area (Å²) >= 11 is 0. The Balaban J connectivity index is 0.00000320. The summed E-state index contributed by atoms with van der Waals surface area (Å²) in [5, 5.41) is 6.46. The zero-order valence-electron chi connectivity index (χ0n) is 17.9. The zero-order chi connectivity index (χ0) is 20.6. The van der Waals surface area contributed by atoms with Gasteiger partial charge < -0.3 is 20.3 Å². The predicted molar refractivity (Wildman–Crippen MR) is 129 cm³/mol. The van der Waals surface area contributed by atoms with Crippen molar-refractivity contribution in [2.75, 3.05) is 32.6 Å². The molecule has 1 aliphatic carbocycles. The van der Waals surface area contributed by atoms with E-state index in [0.717, 1.165) is 68.8 Å². The molecule has 2 aliphatic rings. The maximum atomic E-state index is 12.4. The number of benzene rings is 1. The van der Waals surface area contributed by atoms with Crippen LogP contribution in [0.1, 0.15) is 44.1 Å². The van der Waals surface area contributed by atoms with Crippen LogP contribution in [0.2, 0.25) is 0 Å². The molecule has 1 heterocycles. The Kier molecular flexibility index (Phi) is 9.87. The Morgan fingerprint density at radius 3 is 2.47 bits per heavy atom. The molecule has 0 radical (unpaired) electrons. The van der Waals surface area contributed by atoms with Gasteiger partial charge in [-0.25, -0.2) is 0 Å². The van der Waals surface area contributed by atoms with E-state index in [9.17, 15) is 9.59 Å². The van der Waals surface area contributed by atoms with Crippen LogP contribution in [0.5, 0.6) is 0 Å². The van der Waals surface area contributed by atoms with Crippen LogP contribution in [0.25, 0.3) is 0 Å². The normalized spacial score (nSPS) is 17.9. The quantitative estimate of drug-likeness (QED) is 0.265. The second-order valence-electron chi connectivity index (χ2n) is 7.86. The smallest absolute Gasteiger partial charge is 0.308 e. The lowest BCUT2D eigenvalue weighted by Crippen LogP contribution is -2.46. The first-order valence-electron chi connectivity index (χ1n) is 10.5. The van der Waals surface area contributed by atoms with Gasteiger partial charge in [-0.3, -0.25) is 14.6 Å². The number of nitrogens with zero attached hydrogens (tertiary/aromatic N) is 2. The van der Waals surface area contributed by atoms with E-state index in [4.69, 9.17) is 4.74 Å². The van der Waals surface area contributed by atoms with Crippen molar-refractivity contribution in [3.8, 4) is 0 Å². The molecular formula is C22H33IN4O3. The standard InChI is InChI=1S/C22H32N4O3.HI/c1-23-22(26-12-10-18(11-13-26)21(28)29-2)24-15-16-6-5-9-19(14-16)25-20(27)17-7-3-4-8-17;/h5-6,9,14,17-18H,3-4,7-8,10-13,15H2,1-2H3,(H,23,24)(H,25,27);1H. The van der Waals surface area contributed by atoms with Crippen molar-refractivity contribution in [2.24, 2.45) is 16.8 Å². The summed E-state index contributed by atoms with van der Waals surface area (Å²) in [6.45, 7) is 2.17. The van der Waals surface area contributed by atoms with Crippen molar-refractivity contribution >= 4 is 47.5 Å². The van der Waals surface area contributed by atoms with Crippen molar-refractivity contribution in [1.29, 1.82) is 0 Å². The molecule has 0 bridgehead atoms. The van der Waals surface area contributed by atoms with Gasteiger partial charge >= 0.3 is 5.97 Å². The topological polar surface area (TPSA) is 83.0 Å². The minimum atomic E-state index is -0.121. The highest BCUT2D eigenvalue weighted by Gasteiger charge is 2.27. The van der Waals surface area contributed by atoms with Crippen LogP contribution in [-0.2, 0) is 20.9 Å². The van der Waals surface area contributed by atoms with Crippen LogP contribution >= 0.6 is 24.0 Å². The molecule has 1 aromatic rings. The molecule has 7 nitrogen and oxygen atoms in total. The third-order valence-electron chi connectivity index (χ3n) is 5.91. The molecule has 1 saturated heterocycles. The molecule has 30 heavy (non-hydrogen) atoms. The number of nitrogens with one attached hydrogen (secondary N) is 2. The van der Waals surface area contributed by atoms with Crippen molar-refractivity contribution < 1.29 is 14.3 Å². The first-order chi connectivity index (χ1) is 14.1. The Hall–Kier alpha value is -1.84. The fourth-order valence-electron chi connectivity index (χ4n) is 4.20. The number of amides is 1. The SMILES string of the molecule is CN=C(NCc1cccc(NC(=O)C2CCCC2)c1)N1CCC(C(=O)OC)CC1.I. The van der Waals surface area contributed by atoms with Gasteiger partial charge in [0.25, 0.3) is 0 Å². The number of piperidine rings is 1. The molecule has 2 fully saturated rings. The first kappa shape index (κ1) is 24.4. The highest BCUT2D eigenvalue weighted by Crippen LogP contribution is 2.26. The number of hydrogen-bond acceptors (Lipinski definition) is 4. The second kappa shape index (κ2) is 12.1. The summed E-state index contributed by atoms with van der Waals surface area (Å²) in [6, 6.07) is 7.94. The molecule has 0 unspecified atom stereocenters. The Morgan fingerprint density at radius 2 is 1.83 bits per heavy atom. The molecule has 2 N–H and O–H groups in total. The van der Waals surface area contributed by atoms with E-state index in [1.54, 1.807) is 7.05 Å². The van der Waals surface area contributed by atoms with Gasteiger partial charge in [0, 0.05) is 38.3 Å². The molecule has 1 aromatic carbocycles. The summed E-state index contributed by atoms with van der Waals surface area (Å²) in [6.07, 6.45) is 5.84. The number of hydrogen-bond donors (Lipinski definition) is 2. The van der Waals surface area contributed by atoms with Crippen LogP contribution < -0.4 is 10.6 Å². The third-order valence-corrected chi connectivity index (χ3v) is 5.91. The van der Waals surface area contributed by atoms with E-state index in [0.29, 0.717) is 6.54 Å². The minimum absolute atomic E-state index is 0. The van der Waals surface area contributed by atoms with E-state index in [2.05, 4.69) is 20.5 Å². The summed E-state index contributed by atoms with van der Waals surface area (Å²) in [7, 11) is 3.21. The van der Waals surface area contributed by atoms with E-state index in [1.165, 1.54) is 7.11 Å². The monoisotopic (exact) mass is 528 g/mol. The van der Waals surface area contributed by atoms with Gasteiger partial charge in [-0.15, -0.1) is 24.0 Å². The first-order valence-corrected chi connectivity index (χ1v) is 10.5. The van der Waals surface area contributed by atoms with E-state index >= 15 is 0 Å². The lowest BCUT2D eigenvalue weighted by Gasteiger charge is -2.33. The number of carbonyl (C=O) groups is 2. The van der Waals surface area contributed by atoms with Crippen molar-refractivity contribution in [2.45, 2.75) is 45.1 Å². The predicted octanol–water partition coefficient (Wildman–Crippen LogP) is 3.39. The van der Waals surface area contributed by atoms with Gasteiger partial charge in [0.1, 0.15) is 0 Å². The summed E-state index contributed by atoms with van der Waals surface area (Å²) in [5.41, 5.74) is 1.93. The fourth-order valence-corrected chi connectivity index (χ4v) is 4.20. The van der Waals surface area contributed by atoms with Crippen molar-refractivity contribution in [1.82, 2.24) is 10.2 Å². The van der Waals surface area contributed by atoms with E-state index < -0.39 is 0 Å². The van der Waals surface area contributed by atoms with Gasteiger partial charge in [0.2, 0.25) is 5.91 Å². The van der Waals surface area contributed by atoms with Gasteiger partial charge in [0.15, 0.2) is 5.96 Å². The summed E-state index contributed by atoms with van der Waals surface area (Å²) < 4.78 is 4.85. The third kappa shape index (κ3) is 6.58. The number of likely N-dealkylation sites (tertiary alicyclic amines) is 1. The van der Waals surface area contributed by atoms with Gasteiger partial charge in [0.05, 0.1) is 13.0 Å². The molecule has 8 heteroatoms. The minimum Gasteiger partial charge on any atom is -0.469 e. The molecular weight excluding hydrogens is 495 g/mol. The maximum Gasteiger partial charge on any atom is 0.308 e. The van der Waals surface area contributed by atoms with Gasteiger partial charge in [-0.05, 0) is 43.4 Å². The number of aliphatic imine (C=N–C) groups is 1. The Morgan fingerprint density at radius 1 is 1.13 bits per heavy atom. The maximum absolute atomic E-state index is 12.4. The lowest BCUT2D eigenvalue weighted by atomic mass is 9.97. The average molecular weight is 528 g/mol. The Bertz CT molecular complexity index is 742. The number of esters is 1. The number of anilines is 1. The number of rotatable bonds is 5. The van der Waals surface area contributed by atoms with Gasteiger partial charge in [-0.2, -0.15) is 0 Å². The second-order valence-corrected chi connectivity index (χ2v) is 7.86. The fraction of sp³-hybridized carbons (Fsp3) is 0.591. The number of carbonyl (C=O) groups excluding carboxylic acids is 2. The molecule has 1 saturated carbocycles. The molecule has 166 valence electrons. The van der Waals surface area contributed by atoms with Gasteiger partial charge in [-0.1, -0.05) is 25.0 Å². The number of guanidine groups is 1. The molecule has 1 amide bonds. The van der Waals surface area contributed by atoms with Crippen molar-refractivity contribution in [3.05, 3.63) is 29.8 Å². The zero-order valence-corrected chi connectivity index (χ0v) is 20.2. The number of methoxy groups -OCH3 is 1. The molecule has 0 aromatic heterocycles. The largest absolute Gasteiger partial charge is 0.469 e. The number of halogens is 1. The van der Waals surface area contributed by atoms with Crippen LogP contribution in [0.3, 0.4) is 0 Å². The molecule has 3 rings (SSSR count). The van der Waals surface area contributed by atoms with E-state index in [-0.39, 0.29) is 47.7 Å². The van der Waals surface area contributed by atoms with Crippen LogP contribution in [0.4, 0.5) is 5.69 Å². The van der Waals surface area contributed by atoms with Crippen LogP contribution in [0.15, 0.2) is 29.3 Å². The van der Waals surface area contributed by atoms with E-state index in [1.807, 2.05) is 24.3 Å². The lowest BCUT2D eigenvalue weighted by molar-refractivity contribution is -0.146. The average Bonchev–Trinajstić information content (AvgIpc) is 3.29. The summed E-state index contributed by atoms with van der Waals surface area (Å²) in [4.78, 5) is 30.6. The van der Waals surface area contributed by atoms with Crippen LogP contribution in [0, 0.1) is 11.8 Å². The van der Waals surface area contributed by atoms with Crippen molar-refractivity contribution in [3.63, 3.8) is 0 Å². The molecule has 0 atom stereocenters.